The van der Waals surface area contributed by atoms with E-state index in [4.69, 9.17) is 0 Å². The van der Waals surface area contributed by atoms with Crippen molar-refractivity contribution >= 4 is 27.7 Å². The number of hydrogen-bond acceptors (Lipinski definition) is 4. The second-order valence-corrected chi connectivity index (χ2v) is 4.37. The van der Waals surface area contributed by atoms with Crippen molar-refractivity contribution < 1.29 is 0 Å². The molecule has 0 radical (unpaired) electrons. The van der Waals surface area contributed by atoms with Crippen LogP contribution in [0, 0.1) is 0 Å². The highest BCUT2D eigenvalue weighted by atomic mass is 79.9. The van der Waals surface area contributed by atoms with Crippen LogP contribution in [0.5, 0.6) is 0 Å². The monoisotopic (exact) mass is 267 g/mol. The maximum atomic E-state index is 4.17. The van der Waals surface area contributed by atoms with E-state index in [1.165, 1.54) is 0 Å². The van der Waals surface area contributed by atoms with E-state index in [1.807, 2.05) is 6.07 Å². The highest BCUT2D eigenvalue weighted by Crippen LogP contribution is 2.30. The zero-order valence-corrected chi connectivity index (χ0v) is 9.49. The van der Waals surface area contributed by atoms with E-state index in [1.54, 1.807) is 42.7 Å². The number of hydrogen-bond donors (Lipinski definition) is 0. The van der Waals surface area contributed by atoms with Gasteiger partial charge in [-0.2, -0.15) is 0 Å². The molecule has 3 nitrogen and oxygen atoms in total. The van der Waals surface area contributed by atoms with Crippen LogP contribution in [0.1, 0.15) is 0 Å². The van der Waals surface area contributed by atoms with Crippen molar-refractivity contribution in [2.45, 2.75) is 9.92 Å². The highest BCUT2D eigenvalue weighted by molar-refractivity contribution is 9.10. The molecule has 0 aliphatic rings. The summed E-state index contributed by atoms with van der Waals surface area (Å²) in [7, 11) is 0. The SMILES string of the molecule is Brc1cnccc1Sc1cnccn1. The Bertz CT molecular complexity index is 421. The lowest BCUT2D eigenvalue weighted by Gasteiger charge is -2.01. The van der Waals surface area contributed by atoms with E-state index in [0.717, 1.165) is 14.4 Å². The van der Waals surface area contributed by atoms with Gasteiger partial charge in [-0.15, -0.1) is 0 Å². The van der Waals surface area contributed by atoms with E-state index in [-0.39, 0.29) is 0 Å². The van der Waals surface area contributed by atoms with Gasteiger partial charge >= 0.3 is 0 Å². The number of pyridine rings is 1. The van der Waals surface area contributed by atoms with Crippen molar-refractivity contribution in [1.82, 2.24) is 15.0 Å². The van der Waals surface area contributed by atoms with Gasteiger partial charge in [0.2, 0.25) is 0 Å². The molecule has 0 aromatic carbocycles. The summed E-state index contributed by atoms with van der Waals surface area (Å²) in [5.41, 5.74) is 0. The standard InChI is InChI=1S/C9H6BrN3S/c10-7-5-11-2-1-8(7)14-9-6-12-3-4-13-9/h1-6H. The topological polar surface area (TPSA) is 38.7 Å². The summed E-state index contributed by atoms with van der Waals surface area (Å²) in [5, 5.41) is 0.874. The van der Waals surface area contributed by atoms with Crippen molar-refractivity contribution in [3.8, 4) is 0 Å². The van der Waals surface area contributed by atoms with Crippen molar-refractivity contribution in [3.05, 3.63) is 41.5 Å². The van der Waals surface area contributed by atoms with Gasteiger partial charge in [-0.1, -0.05) is 11.8 Å². The molecule has 0 spiro atoms. The van der Waals surface area contributed by atoms with Gasteiger partial charge in [-0.25, -0.2) is 4.98 Å². The quantitative estimate of drug-likeness (QED) is 0.839. The lowest BCUT2D eigenvalue weighted by Crippen LogP contribution is -1.82. The molecular formula is C9H6BrN3S. The Kier molecular flexibility index (Phi) is 3.10. The molecule has 70 valence electrons. The summed E-state index contributed by atoms with van der Waals surface area (Å²) in [5.74, 6) is 0. The predicted molar refractivity (Wildman–Crippen MR) is 58.1 cm³/mol. The van der Waals surface area contributed by atoms with E-state index in [2.05, 4.69) is 30.9 Å². The van der Waals surface area contributed by atoms with E-state index >= 15 is 0 Å². The fourth-order valence-electron chi connectivity index (χ4n) is 0.896. The lowest BCUT2D eigenvalue weighted by molar-refractivity contribution is 1.05. The first-order chi connectivity index (χ1) is 6.86. The van der Waals surface area contributed by atoms with Crippen LogP contribution in [0.3, 0.4) is 0 Å². The summed E-state index contributed by atoms with van der Waals surface area (Å²) in [6.45, 7) is 0. The molecule has 2 rings (SSSR count). The molecule has 0 saturated heterocycles. The fourth-order valence-corrected chi connectivity index (χ4v) is 2.12. The van der Waals surface area contributed by atoms with E-state index < -0.39 is 0 Å². The molecule has 5 heteroatoms. The van der Waals surface area contributed by atoms with Crippen molar-refractivity contribution in [3.63, 3.8) is 0 Å². The molecule has 0 atom stereocenters. The van der Waals surface area contributed by atoms with Gasteiger partial charge in [-0.3, -0.25) is 9.97 Å². The molecule has 0 saturated carbocycles. The smallest absolute Gasteiger partial charge is 0.119 e. The maximum Gasteiger partial charge on any atom is 0.119 e. The molecule has 0 fully saturated rings. The number of halogens is 1. The van der Waals surface area contributed by atoms with Crippen LogP contribution in [-0.4, -0.2) is 15.0 Å². The van der Waals surface area contributed by atoms with Crippen LogP contribution in [0.2, 0.25) is 0 Å². The Morgan fingerprint density at radius 2 is 1.93 bits per heavy atom. The summed E-state index contributed by atoms with van der Waals surface area (Å²) in [4.78, 5) is 13.2. The molecule has 2 heterocycles. The predicted octanol–water partition coefficient (Wildman–Crippen LogP) is 2.79. The average molecular weight is 268 g/mol. The molecule has 0 aliphatic heterocycles. The Labute approximate surface area is 94.1 Å². The lowest BCUT2D eigenvalue weighted by atomic mass is 10.5. The van der Waals surface area contributed by atoms with E-state index in [0.29, 0.717) is 0 Å². The van der Waals surface area contributed by atoms with Gasteiger partial charge in [0.05, 0.1) is 6.20 Å². The Balaban J connectivity index is 2.24. The van der Waals surface area contributed by atoms with Gasteiger partial charge in [0.15, 0.2) is 0 Å². The average Bonchev–Trinajstić information content (AvgIpc) is 2.23. The van der Waals surface area contributed by atoms with Crippen molar-refractivity contribution in [2.75, 3.05) is 0 Å². The first-order valence-electron chi connectivity index (χ1n) is 3.89. The van der Waals surface area contributed by atoms with Crippen LogP contribution in [0.4, 0.5) is 0 Å². The molecule has 14 heavy (non-hydrogen) atoms. The second-order valence-electron chi connectivity index (χ2n) is 2.45. The third-order valence-electron chi connectivity index (χ3n) is 1.49. The Morgan fingerprint density at radius 1 is 1.07 bits per heavy atom. The van der Waals surface area contributed by atoms with Gasteiger partial charge in [0.25, 0.3) is 0 Å². The Morgan fingerprint density at radius 3 is 2.64 bits per heavy atom. The molecule has 0 N–H and O–H groups in total. The summed E-state index contributed by atoms with van der Waals surface area (Å²) in [6, 6.07) is 1.93. The highest BCUT2D eigenvalue weighted by Gasteiger charge is 2.02. The van der Waals surface area contributed by atoms with Crippen LogP contribution < -0.4 is 0 Å². The molecule has 2 aromatic rings. The maximum absolute atomic E-state index is 4.17. The van der Waals surface area contributed by atoms with Gasteiger partial charge in [0, 0.05) is 34.2 Å². The van der Waals surface area contributed by atoms with E-state index in [9.17, 15) is 0 Å². The minimum Gasteiger partial charge on any atom is -0.263 e. The van der Waals surface area contributed by atoms with Gasteiger partial charge in [-0.05, 0) is 22.0 Å². The first kappa shape index (κ1) is 9.61. The third-order valence-corrected chi connectivity index (χ3v) is 3.38. The third kappa shape index (κ3) is 2.30. The summed E-state index contributed by atoms with van der Waals surface area (Å²) < 4.78 is 0.968. The molecule has 0 unspecified atom stereocenters. The van der Waals surface area contributed by atoms with Crippen LogP contribution >= 0.6 is 27.7 Å². The zero-order chi connectivity index (χ0) is 9.80. The largest absolute Gasteiger partial charge is 0.263 e. The van der Waals surface area contributed by atoms with Crippen LogP contribution in [0.25, 0.3) is 0 Å². The van der Waals surface area contributed by atoms with Crippen LogP contribution in [0.15, 0.2) is 51.4 Å². The van der Waals surface area contributed by atoms with Crippen molar-refractivity contribution in [1.29, 1.82) is 0 Å². The number of rotatable bonds is 2. The Hall–Kier alpha value is -0.940. The van der Waals surface area contributed by atoms with Gasteiger partial charge < -0.3 is 0 Å². The molecular weight excluding hydrogens is 262 g/mol. The number of nitrogens with zero attached hydrogens (tertiary/aromatic N) is 3. The molecule has 0 amide bonds. The normalized spacial score (nSPS) is 10.1. The second kappa shape index (κ2) is 4.52. The molecule has 0 bridgehead atoms. The summed E-state index contributed by atoms with van der Waals surface area (Å²) in [6.07, 6.45) is 8.59. The molecule has 0 aliphatic carbocycles. The minimum atomic E-state index is 0.874. The fraction of sp³-hybridized carbons (Fsp3) is 0. The number of aromatic nitrogens is 3. The van der Waals surface area contributed by atoms with Crippen molar-refractivity contribution in [2.24, 2.45) is 0 Å². The summed E-state index contributed by atoms with van der Waals surface area (Å²) >= 11 is 4.98. The minimum absolute atomic E-state index is 0.874. The molecule has 2 aromatic heterocycles. The first-order valence-corrected chi connectivity index (χ1v) is 5.50. The zero-order valence-electron chi connectivity index (χ0n) is 7.09. The van der Waals surface area contributed by atoms with Crippen LogP contribution in [-0.2, 0) is 0 Å². The van der Waals surface area contributed by atoms with Gasteiger partial charge in [0.1, 0.15) is 5.03 Å².